The minimum absolute atomic E-state index is 0. The number of rotatable bonds is 3. The number of nitrogens with zero attached hydrogens (tertiary/aromatic N) is 6. The van der Waals surface area contributed by atoms with Crippen LogP contribution < -0.4 is 5.32 Å². The van der Waals surface area contributed by atoms with Crippen molar-refractivity contribution in [3.05, 3.63) is 48.2 Å². The second kappa shape index (κ2) is 9.92. The standard InChI is InChI=1S/C21H27N7.2ClH/c1-26-12-5-6-16(14-26)20-24-21(28(25-20)17-7-3-2-4-8-17)18-15-27-13-11-22-10-9-19(27)23-18;;/h2-4,7-8,15-16,22H,5-6,9-14H2,1H3;2*1H. The number of aromatic nitrogens is 5. The van der Waals surface area contributed by atoms with E-state index in [2.05, 4.69) is 40.2 Å². The number of para-hydroxylation sites is 1. The van der Waals surface area contributed by atoms with Crippen molar-refractivity contribution in [1.82, 2.24) is 34.5 Å². The van der Waals surface area contributed by atoms with Gasteiger partial charge in [0.25, 0.3) is 0 Å². The lowest BCUT2D eigenvalue weighted by Gasteiger charge is -2.27. The van der Waals surface area contributed by atoms with Crippen molar-refractivity contribution in [2.75, 3.05) is 33.2 Å². The maximum atomic E-state index is 5.02. The van der Waals surface area contributed by atoms with Gasteiger partial charge in [0.2, 0.25) is 0 Å². The first-order valence-electron chi connectivity index (χ1n) is 10.3. The normalized spacial score (nSPS) is 19.3. The van der Waals surface area contributed by atoms with Crippen LogP contribution in [0.2, 0.25) is 0 Å². The van der Waals surface area contributed by atoms with Gasteiger partial charge in [0.1, 0.15) is 11.5 Å². The van der Waals surface area contributed by atoms with Crippen molar-refractivity contribution in [2.24, 2.45) is 0 Å². The van der Waals surface area contributed by atoms with Gasteiger partial charge in [-0.25, -0.2) is 14.6 Å². The lowest BCUT2D eigenvalue weighted by Crippen LogP contribution is -2.31. The topological polar surface area (TPSA) is 63.8 Å². The number of hydrogen-bond acceptors (Lipinski definition) is 5. The highest BCUT2D eigenvalue weighted by Crippen LogP contribution is 2.28. The highest BCUT2D eigenvalue weighted by atomic mass is 35.5. The zero-order chi connectivity index (χ0) is 18.9. The third-order valence-electron chi connectivity index (χ3n) is 5.76. The van der Waals surface area contributed by atoms with Gasteiger partial charge < -0.3 is 14.8 Å². The fourth-order valence-electron chi connectivity index (χ4n) is 4.27. The molecule has 0 aliphatic carbocycles. The van der Waals surface area contributed by atoms with Crippen molar-refractivity contribution < 1.29 is 0 Å². The molecule has 162 valence electrons. The molecule has 1 aromatic carbocycles. The molecule has 0 spiro atoms. The van der Waals surface area contributed by atoms with Gasteiger partial charge in [-0.15, -0.1) is 24.8 Å². The summed E-state index contributed by atoms with van der Waals surface area (Å²) < 4.78 is 4.23. The fraction of sp³-hybridized carbons (Fsp3) is 0.476. The molecular weight excluding hydrogens is 421 g/mol. The second-order valence-electron chi connectivity index (χ2n) is 7.88. The minimum atomic E-state index is 0. The van der Waals surface area contributed by atoms with Crippen LogP contribution in [0.3, 0.4) is 0 Å². The van der Waals surface area contributed by atoms with Crippen LogP contribution in [0.25, 0.3) is 17.2 Å². The van der Waals surface area contributed by atoms with Crippen LogP contribution in [0.4, 0.5) is 0 Å². The van der Waals surface area contributed by atoms with Crippen molar-refractivity contribution in [3.8, 4) is 17.2 Å². The average Bonchev–Trinajstić information content (AvgIpc) is 3.28. The fourth-order valence-corrected chi connectivity index (χ4v) is 4.27. The molecule has 0 radical (unpaired) electrons. The predicted octanol–water partition coefficient (Wildman–Crippen LogP) is 2.93. The van der Waals surface area contributed by atoms with Crippen LogP contribution in [-0.4, -0.2) is 62.4 Å². The lowest BCUT2D eigenvalue weighted by molar-refractivity contribution is 0.246. The Hall–Kier alpha value is -1.93. The largest absolute Gasteiger partial charge is 0.333 e. The Morgan fingerprint density at radius 3 is 2.67 bits per heavy atom. The molecule has 1 fully saturated rings. The first kappa shape index (κ1) is 22.7. The minimum Gasteiger partial charge on any atom is -0.333 e. The molecule has 7 nitrogen and oxygen atoms in total. The van der Waals surface area contributed by atoms with Crippen LogP contribution in [0.5, 0.6) is 0 Å². The Labute approximate surface area is 189 Å². The van der Waals surface area contributed by atoms with E-state index in [0.29, 0.717) is 5.92 Å². The molecule has 2 aliphatic rings. The molecule has 5 rings (SSSR count). The third-order valence-corrected chi connectivity index (χ3v) is 5.76. The van der Waals surface area contributed by atoms with E-state index in [4.69, 9.17) is 15.1 Å². The maximum Gasteiger partial charge on any atom is 0.183 e. The van der Waals surface area contributed by atoms with E-state index in [-0.39, 0.29) is 24.8 Å². The molecule has 9 heteroatoms. The number of nitrogens with one attached hydrogen (secondary N) is 1. The van der Waals surface area contributed by atoms with E-state index < -0.39 is 0 Å². The van der Waals surface area contributed by atoms with Crippen molar-refractivity contribution in [2.45, 2.75) is 31.7 Å². The highest BCUT2D eigenvalue weighted by Gasteiger charge is 2.26. The number of fused-ring (bicyclic) bond motifs is 1. The van der Waals surface area contributed by atoms with E-state index in [0.717, 1.165) is 74.4 Å². The summed E-state index contributed by atoms with van der Waals surface area (Å²) in [7, 11) is 2.18. The van der Waals surface area contributed by atoms with E-state index in [1.165, 1.54) is 6.42 Å². The first-order chi connectivity index (χ1) is 13.8. The third kappa shape index (κ3) is 4.54. The molecule has 4 heterocycles. The highest BCUT2D eigenvalue weighted by molar-refractivity contribution is 5.85. The summed E-state index contributed by atoms with van der Waals surface area (Å²) in [5, 5.41) is 8.39. The van der Waals surface area contributed by atoms with Gasteiger partial charge in [-0.05, 0) is 38.6 Å². The van der Waals surface area contributed by atoms with Crippen molar-refractivity contribution >= 4 is 24.8 Å². The SMILES string of the molecule is CN1CCCC(c2nc(-c3cn4c(n3)CCNCC4)n(-c3ccccc3)n2)C1.Cl.Cl. The molecule has 30 heavy (non-hydrogen) atoms. The number of piperidine rings is 1. The quantitative estimate of drug-likeness (QED) is 0.665. The summed E-state index contributed by atoms with van der Waals surface area (Å²) in [6, 6.07) is 10.3. The van der Waals surface area contributed by atoms with E-state index in [9.17, 15) is 0 Å². The molecule has 1 saturated heterocycles. The summed E-state index contributed by atoms with van der Waals surface area (Å²) in [5.74, 6) is 3.30. The van der Waals surface area contributed by atoms with Crippen LogP contribution in [0, 0.1) is 0 Å². The Kier molecular flexibility index (Phi) is 7.52. The van der Waals surface area contributed by atoms with Gasteiger partial charge >= 0.3 is 0 Å². The number of imidazole rings is 1. The number of likely N-dealkylation sites (tertiary alicyclic amines) is 1. The Bertz CT molecular complexity index is 930. The van der Waals surface area contributed by atoms with Crippen molar-refractivity contribution in [1.29, 1.82) is 0 Å². The lowest BCUT2D eigenvalue weighted by atomic mass is 9.98. The summed E-state index contributed by atoms with van der Waals surface area (Å²) in [6.45, 7) is 5.07. The van der Waals surface area contributed by atoms with Gasteiger partial charge in [0.15, 0.2) is 11.6 Å². The molecule has 3 aromatic rings. The van der Waals surface area contributed by atoms with Crippen LogP contribution >= 0.6 is 24.8 Å². The number of benzene rings is 1. The zero-order valence-corrected chi connectivity index (χ0v) is 18.8. The average molecular weight is 450 g/mol. The molecule has 1 atom stereocenters. The van der Waals surface area contributed by atoms with Gasteiger partial charge in [-0.2, -0.15) is 5.10 Å². The van der Waals surface area contributed by atoms with Gasteiger partial charge in [0.05, 0.1) is 5.69 Å². The van der Waals surface area contributed by atoms with Crippen molar-refractivity contribution in [3.63, 3.8) is 0 Å². The summed E-state index contributed by atoms with van der Waals surface area (Å²) >= 11 is 0. The molecular formula is C21H29Cl2N7. The smallest absolute Gasteiger partial charge is 0.183 e. The van der Waals surface area contributed by atoms with Crippen LogP contribution in [0.1, 0.15) is 30.4 Å². The zero-order valence-electron chi connectivity index (χ0n) is 17.2. The van der Waals surface area contributed by atoms with Gasteiger partial charge in [-0.1, -0.05) is 18.2 Å². The monoisotopic (exact) mass is 449 g/mol. The molecule has 1 unspecified atom stereocenters. The second-order valence-corrected chi connectivity index (χ2v) is 7.88. The summed E-state index contributed by atoms with van der Waals surface area (Å²) in [6.07, 6.45) is 5.43. The van der Waals surface area contributed by atoms with E-state index in [1.54, 1.807) is 0 Å². The Balaban J connectivity index is 0.00000128. The predicted molar refractivity (Wildman–Crippen MR) is 123 cm³/mol. The number of halogens is 2. The van der Waals surface area contributed by atoms with Crippen LogP contribution in [-0.2, 0) is 13.0 Å². The number of hydrogen-bond donors (Lipinski definition) is 1. The van der Waals surface area contributed by atoms with Gasteiger partial charge in [-0.3, -0.25) is 0 Å². The molecule has 0 bridgehead atoms. The molecule has 2 aliphatic heterocycles. The number of likely N-dealkylation sites (N-methyl/N-ethyl adjacent to an activating group) is 1. The molecule has 0 amide bonds. The summed E-state index contributed by atoms with van der Waals surface area (Å²) in [5.41, 5.74) is 1.95. The maximum absolute atomic E-state index is 5.02. The molecule has 1 N–H and O–H groups in total. The summed E-state index contributed by atoms with van der Waals surface area (Å²) in [4.78, 5) is 12.3. The first-order valence-corrected chi connectivity index (χ1v) is 10.3. The molecule has 2 aromatic heterocycles. The van der Waals surface area contributed by atoms with Gasteiger partial charge in [0, 0.05) is 44.7 Å². The van der Waals surface area contributed by atoms with Crippen LogP contribution in [0.15, 0.2) is 36.5 Å². The molecule has 0 saturated carbocycles. The Morgan fingerprint density at radius 1 is 1.03 bits per heavy atom. The van der Waals surface area contributed by atoms with E-state index in [1.807, 2.05) is 22.9 Å². The Morgan fingerprint density at radius 2 is 1.87 bits per heavy atom. The van der Waals surface area contributed by atoms with E-state index >= 15 is 0 Å².